The lowest BCUT2D eigenvalue weighted by Gasteiger charge is -2.28. The maximum atomic E-state index is 12.1. The Labute approximate surface area is 130 Å². The fraction of sp³-hybridized carbons (Fsp3) is 0.500. The van der Waals surface area contributed by atoms with Crippen LogP contribution < -0.4 is 4.74 Å². The van der Waals surface area contributed by atoms with E-state index in [2.05, 4.69) is 0 Å². The van der Waals surface area contributed by atoms with Crippen LogP contribution >= 0.6 is 0 Å². The molecule has 6 nitrogen and oxygen atoms in total. The summed E-state index contributed by atoms with van der Waals surface area (Å²) >= 11 is 0. The lowest BCUT2D eigenvalue weighted by Crippen LogP contribution is -2.46. The molecule has 122 valence electrons. The third-order valence-electron chi connectivity index (χ3n) is 3.04. The zero-order valence-corrected chi connectivity index (χ0v) is 13.6. The van der Waals surface area contributed by atoms with Crippen LogP contribution in [0.5, 0.6) is 5.75 Å². The summed E-state index contributed by atoms with van der Waals surface area (Å²) in [5.74, 6) is -0.509. The molecule has 1 N–H and O–H groups in total. The number of para-hydroxylation sites is 1. The summed E-state index contributed by atoms with van der Waals surface area (Å²) in [7, 11) is 2.94. The van der Waals surface area contributed by atoms with E-state index >= 15 is 0 Å². The summed E-state index contributed by atoms with van der Waals surface area (Å²) in [6.45, 7) is 5.19. The van der Waals surface area contributed by atoms with Crippen molar-refractivity contribution in [1.82, 2.24) is 4.90 Å². The Bertz CT molecular complexity index is 536. The van der Waals surface area contributed by atoms with E-state index in [-0.39, 0.29) is 6.42 Å². The molecule has 0 saturated heterocycles. The highest BCUT2D eigenvalue weighted by molar-refractivity contribution is 5.80. The molecule has 0 spiro atoms. The summed E-state index contributed by atoms with van der Waals surface area (Å²) in [6.07, 6.45) is -0.537. The van der Waals surface area contributed by atoms with Gasteiger partial charge < -0.3 is 14.6 Å². The smallest absolute Gasteiger partial charge is 0.410 e. The van der Waals surface area contributed by atoms with Crippen LogP contribution in [0.3, 0.4) is 0 Å². The minimum Gasteiger partial charge on any atom is -0.496 e. The number of methoxy groups -OCH3 is 1. The average Bonchev–Trinajstić information content (AvgIpc) is 2.42. The second-order valence-electron chi connectivity index (χ2n) is 5.96. The van der Waals surface area contributed by atoms with E-state index in [9.17, 15) is 14.7 Å². The standard InChI is InChI=1S/C16H23NO5/c1-16(2,3)22-15(20)17(4)12(14(18)19)10-11-8-6-7-9-13(11)21-5/h6-9,12H,10H2,1-5H3,(H,18,19). The number of carboxylic acid groups (broad SMARTS) is 1. The first-order chi connectivity index (χ1) is 10.2. The first kappa shape index (κ1) is 17.8. The van der Waals surface area contributed by atoms with Gasteiger partial charge in [0.05, 0.1) is 7.11 Å². The quantitative estimate of drug-likeness (QED) is 0.904. The van der Waals surface area contributed by atoms with Gasteiger partial charge in [0.15, 0.2) is 0 Å². The second kappa shape index (κ2) is 7.15. The Morgan fingerprint density at radius 2 is 1.86 bits per heavy atom. The number of likely N-dealkylation sites (N-methyl/N-ethyl adjacent to an activating group) is 1. The number of carbonyl (C=O) groups is 2. The van der Waals surface area contributed by atoms with Gasteiger partial charge in [0.1, 0.15) is 17.4 Å². The monoisotopic (exact) mass is 309 g/mol. The molecule has 1 atom stereocenters. The Hall–Kier alpha value is -2.24. The third kappa shape index (κ3) is 4.95. The van der Waals surface area contributed by atoms with Crippen molar-refractivity contribution < 1.29 is 24.2 Å². The van der Waals surface area contributed by atoms with Crippen molar-refractivity contribution in [2.45, 2.75) is 38.8 Å². The van der Waals surface area contributed by atoms with E-state index in [0.29, 0.717) is 11.3 Å². The lowest BCUT2D eigenvalue weighted by atomic mass is 10.0. The lowest BCUT2D eigenvalue weighted by molar-refractivity contribution is -0.142. The fourth-order valence-electron chi connectivity index (χ4n) is 1.93. The highest BCUT2D eigenvalue weighted by Crippen LogP contribution is 2.21. The Balaban J connectivity index is 2.94. The summed E-state index contributed by atoms with van der Waals surface area (Å²) < 4.78 is 10.4. The molecule has 0 aromatic heterocycles. The topological polar surface area (TPSA) is 76.1 Å². The highest BCUT2D eigenvalue weighted by atomic mass is 16.6. The van der Waals surface area contributed by atoms with Crippen molar-refractivity contribution >= 4 is 12.1 Å². The third-order valence-corrected chi connectivity index (χ3v) is 3.04. The molecule has 0 aliphatic rings. The van der Waals surface area contributed by atoms with E-state index in [1.807, 2.05) is 0 Å². The van der Waals surface area contributed by atoms with E-state index in [0.717, 1.165) is 4.90 Å². The SMILES string of the molecule is COc1ccccc1CC(C(=O)O)N(C)C(=O)OC(C)(C)C. The van der Waals surface area contributed by atoms with Gasteiger partial charge in [-0.15, -0.1) is 0 Å². The molecule has 1 amide bonds. The molecule has 0 bridgehead atoms. The molecule has 6 heteroatoms. The number of ether oxygens (including phenoxy) is 2. The van der Waals surface area contributed by atoms with Gasteiger partial charge in [-0.1, -0.05) is 18.2 Å². The minimum absolute atomic E-state index is 0.134. The number of hydrogen-bond acceptors (Lipinski definition) is 4. The number of carbonyl (C=O) groups excluding carboxylic acids is 1. The Kier molecular flexibility index (Phi) is 5.79. The van der Waals surface area contributed by atoms with Gasteiger partial charge in [-0.2, -0.15) is 0 Å². The Morgan fingerprint density at radius 3 is 2.36 bits per heavy atom. The molecular weight excluding hydrogens is 286 g/mol. The predicted octanol–water partition coefficient (Wildman–Crippen LogP) is 2.56. The first-order valence-corrected chi connectivity index (χ1v) is 6.96. The normalized spacial score (nSPS) is 12.4. The average molecular weight is 309 g/mol. The van der Waals surface area contributed by atoms with E-state index in [4.69, 9.17) is 9.47 Å². The van der Waals surface area contributed by atoms with Gasteiger partial charge in [-0.25, -0.2) is 9.59 Å². The number of amides is 1. The molecule has 0 heterocycles. The van der Waals surface area contributed by atoms with Gasteiger partial charge in [0, 0.05) is 13.5 Å². The Morgan fingerprint density at radius 1 is 1.27 bits per heavy atom. The number of rotatable bonds is 5. The molecule has 0 radical (unpaired) electrons. The zero-order chi connectivity index (χ0) is 16.9. The molecule has 0 saturated carbocycles. The summed E-state index contributed by atoms with van der Waals surface area (Å²) in [4.78, 5) is 24.7. The van der Waals surface area contributed by atoms with Crippen LogP contribution in [-0.2, 0) is 16.0 Å². The largest absolute Gasteiger partial charge is 0.496 e. The van der Waals surface area contributed by atoms with Gasteiger partial charge in [-0.3, -0.25) is 4.90 Å². The van der Waals surface area contributed by atoms with Crippen LogP contribution in [0.1, 0.15) is 26.3 Å². The van der Waals surface area contributed by atoms with Gasteiger partial charge in [0.2, 0.25) is 0 Å². The van der Waals surface area contributed by atoms with Crippen LogP contribution in [0.4, 0.5) is 4.79 Å². The highest BCUT2D eigenvalue weighted by Gasteiger charge is 2.30. The summed E-state index contributed by atoms with van der Waals surface area (Å²) in [6, 6.07) is 6.09. The molecule has 1 unspecified atom stereocenters. The zero-order valence-electron chi connectivity index (χ0n) is 13.6. The maximum Gasteiger partial charge on any atom is 0.410 e. The first-order valence-electron chi connectivity index (χ1n) is 6.96. The molecule has 0 aliphatic carbocycles. The predicted molar refractivity (Wildman–Crippen MR) is 82.1 cm³/mol. The molecule has 1 aromatic rings. The summed E-state index contributed by atoms with van der Waals surface area (Å²) in [5, 5.41) is 9.43. The number of nitrogens with zero attached hydrogens (tertiary/aromatic N) is 1. The second-order valence-corrected chi connectivity index (χ2v) is 5.96. The van der Waals surface area contributed by atoms with E-state index in [1.165, 1.54) is 14.2 Å². The van der Waals surface area contributed by atoms with Crippen molar-refractivity contribution in [1.29, 1.82) is 0 Å². The molecule has 0 aliphatic heterocycles. The molecular formula is C16H23NO5. The number of benzene rings is 1. The molecule has 1 aromatic carbocycles. The minimum atomic E-state index is -1.10. The molecule has 0 fully saturated rings. The summed E-state index contributed by atoms with van der Waals surface area (Å²) in [5.41, 5.74) is 0.0339. The van der Waals surface area contributed by atoms with Crippen molar-refractivity contribution in [3.8, 4) is 5.75 Å². The van der Waals surface area contributed by atoms with Crippen LogP contribution in [0.25, 0.3) is 0 Å². The van der Waals surface area contributed by atoms with E-state index in [1.54, 1.807) is 45.0 Å². The maximum absolute atomic E-state index is 12.1. The number of carboxylic acids is 1. The number of aliphatic carboxylic acids is 1. The van der Waals surface area contributed by atoms with Crippen LogP contribution in [0.2, 0.25) is 0 Å². The van der Waals surface area contributed by atoms with Crippen LogP contribution in [0.15, 0.2) is 24.3 Å². The van der Waals surface area contributed by atoms with Crippen LogP contribution in [-0.4, -0.2) is 47.9 Å². The molecule has 1 rings (SSSR count). The van der Waals surface area contributed by atoms with Crippen molar-refractivity contribution in [2.24, 2.45) is 0 Å². The van der Waals surface area contributed by atoms with Gasteiger partial charge >= 0.3 is 12.1 Å². The molecule has 22 heavy (non-hydrogen) atoms. The van der Waals surface area contributed by atoms with Gasteiger partial charge in [-0.05, 0) is 32.4 Å². The van der Waals surface area contributed by atoms with Crippen molar-refractivity contribution in [3.63, 3.8) is 0 Å². The fourth-order valence-corrected chi connectivity index (χ4v) is 1.93. The van der Waals surface area contributed by atoms with Crippen LogP contribution in [0, 0.1) is 0 Å². The van der Waals surface area contributed by atoms with E-state index < -0.39 is 23.7 Å². The van der Waals surface area contributed by atoms with Gasteiger partial charge in [0.25, 0.3) is 0 Å². The van der Waals surface area contributed by atoms with Crippen molar-refractivity contribution in [3.05, 3.63) is 29.8 Å². The number of hydrogen-bond donors (Lipinski definition) is 1. The van der Waals surface area contributed by atoms with Crippen molar-refractivity contribution in [2.75, 3.05) is 14.2 Å².